The summed E-state index contributed by atoms with van der Waals surface area (Å²) >= 11 is 0. The molecule has 0 saturated heterocycles. The van der Waals surface area contributed by atoms with Gasteiger partial charge in [-0.25, -0.2) is 19.3 Å². The van der Waals surface area contributed by atoms with E-state index in [1.54, 1.807) is 6.08 Å². The number of ether oxygens (including phenoxy) is 1. The number of hydrogen-bond acceptors (Lipinski definition) is 10. The number of benzene rings is 2. The van der Waals surface area contributed by atoms with E-state index in [0.717, 1.165) is 29.6 Å². The fourth-order valence-corrected chi connectivity index (χ4v) is 5.48. The second kappa shape index (κ2) is 13.7. The van der Waals surface area contributed by atoms with Gasteiger partial charge in [-0.2, -0.15) is 4.99 Å². The maximum atomic E-state index is 11.5. The second-order valence-corrected chi connectivity index (χ2v) is 13.2. The number of unbranched alkanes of at least 4 members (excludes halogenated alkanes) is 1. The van der Waals surface area contributed by atoms with Crippen LogP contribution in [-0.4, -0.2) is 54.3 Å². The number of fused-ring (bicyclic) bond motifs is 3. The zero-order valence-electron chi connectivity index (χ0n) is 26.0. The van der Waals surface area contributed by atoms with Gasteiger partial charge in [0, 0.05) is 36.1 Å². The number of nitrogen functional groups attached to an aromatic ring is 1. The summed E-state index contributed by atoms with van der Waals surface area (Å²) in [5, 5.41) is 11.5. The maximum Gasteiger partial charge on any atom is 0.524 e. The standard InChI is InChI=1S/C31H41N6O7P/c1-5-6-7-26-36-27-28(37(26)18-20-16-22(9-11-25(20)39)44-45(40,41)42)23-17-21(8-10-24(23)35-29(27)32)31(4,33)13-15-43-14-12-30(2,3)34-19-38/h8-11,16-17,39H,5-7,12-15,18,33H2,1-4H3,(H2,32,35)(H2,40,41,42). The molecule has 0 saturated carbocycles. The van der Waals surface area contributed by atoms with Crippen molar-refractivity contribution in [3.8, 4) is 11.5 Å². The Morgan fingerprint density at radius 1 is 1.09 bits per heavy atom. The van der Waals surface area contributed by atoms with Crippen molar-refractivity contribution in [2.24, 2.45) is 10.7 Å². The van der Waals surface area contributed by atoms with Crippen LogP contribution in [0.2, 0.25) is 0 Å². The van der Waals surface area contributed by atoms with Crippen molar-refractivity contribution < 1.29 is 33.5 Å². The van der Waals surface area contributed by atoms with Crippen LogP contribution in [0.25, 0.3) is 21.9 Å². The highest BCUT2D eigenvalue weighted by molar-refractivity contribution is 7.46. The van der Waals surface area contributed by atoms with E-state index in [2.05, 4.69) is 16.9 Å². The Labute approximate surface area is 261 Å². The third kappa shape index (κ3) is 8.46. The monoisotopic (exact) mass is 640 g/mol. The van der Waals surface area contributed by atoms with Crippen LogP contribution in [0.3, 0.4) is 0 Å². The number of pyridine rings is 1. The molecule has 0 aliphatic carbocycles. The number of aromatic nitrogens is 3. The van der Waals surface area contributed by atoms with Crippen LogP contribution in [0.15, 0.2) is 41.4 Å². The zero-order chi connectivity index (χ0) is 33.0. The van der Waals surface area contributed by atoms with Crippen LogP contribution in [0.1, 0.15) is 70.3 Å². The molecule has 7 N–H and O–H groups in total. The number of nitrogens with two attached hydrogens (primary N) is 2. The van der Waals surface area contributed by atoms with E-state index in [1.165, 1.54) is 18.2 Å². The van der Waals surface area contributed by atoms with E-state index in [-0.39, 0.29) is 23.9 Å². The summed E-state index contributed by atoms with van der Waals surface area (Å²) in [6.45, 7) is 8.63. The van der Waals surface area contributed by atoms with Crippen LogP contribution in [0, 0.1) is 0 Å². The first-order valence-electron chi connectivity index (χ1n) is 14.8. The van der Waals surface area contributed by atoms with Gasteiger partial charge < -0.3 is 30.4 Å². The minimum Gasteiger partial charge on any atom is -0.508 e. The van der Waals surface area contributed by atoms with Crippen LogP contribution in [-0.2, 0) is 32.6 Å². The number of phenols is 1. The van der Waals surface area contributed by atoms with Crippen molar-refractivity contribution in [1.29, 1.82) is 0 Å². The first-order chi connectivity index (χ1) is 21.1. The third-order valence-corrected chi connectivity index (χ3v) is 8.22. The smallest absolute Gasteiger partial charge is 0.508 e. The molecule has 2 aromatic heterocycles. The normalized spacial score (nSPS) is 13.6. The van der Waals surface area contributed by atoms with Crippen LogP contribution in [0.5, 0.6) is 11.5 Å². The van der Waals surface area contributed by atoms with Gasteiger partial charge in [-0.1, -0.05) is 19.4 Å². The van der Waals surface area contributed by atoms with Crippen LogP contribution >= 0.6 is 7.82 Å². The molecule has 0 amide bonds. The number of imidazole rings is 1. The highest BCUT2D eigenvalue weighted by Gasteiger charge is 2.25. The molecule has 1 atom stereocenters. The van der Waals surface area contributed by atoms with Gasteiger partial charge in [0.25, 0.3) is 0 Å². The summed E-state index contributed by atoms with van der Waals surface area (Å²) in [6, 6.07) is 9.76. The Hall–Kier alpha value is -3.83. The van der Waals surface area contributed by atoms with Gasteiger partial charge in [0.05, 0.1) is 23.1 Å². The molecule has 4 rings (SSSR count). The SMILES string of the molecule is CCCCc1nc2c(N)nc3ccc(C(C)(N)CCOCCC(C)(C)N=C=O)cc3c2n1Cc1cc(OP(=O)(O)O)ccc1O. The summed E-state index contributed by atoms with van der Waals surface area (Å²) < 4.78 is 24.0. The number of phosphoric acid groups is 1. The summed E-state index contributed by atoms with van der Waals surface area (Å²) in [5.74, 6) is 0.837. The molecule has 2 heterocycles. The number of anilines is 1. The number of phosphoric ester groups is 1. The first-order valence-corrected chi connectivity index (χ1v) is 16.3. The highest BCUT2D eigenvalue weighted by atomic mass is 31.2. The molecule has 0 aliphatic heterocycles. The van der Waals surface area contributed by atoms with Gasteiger partial charge in [0.1, 0.15) is 22.8 Å². The predicted octanol–water partition coefficient (Wildman–Crippen LogP) is 4.82. The summed E-state index contributed by atoms with van der Waals surface area (Å²) in [7, 11) is -4.80. The Bertz CT molecular complexity index is 1780. The molecule has 45 heavy (non-hydrogen) atoms. The van der Waals surface area contributed by atoms with Gasteiger partial charge in [0.2, 0.25) is 6.08 Å². The second-order valence-electron chi connectivity index (χ2n) is 12.1. The van der Waals surface area contributed by atoms with Crippen molar-refractivity contribution in [3.63, 3.8) is 0 Å². The molecule has 14 heteroatoms. The minimum atomic E-state index is -4.80. The Balaban J connectivity index is 1.73. The molecule has 0 aliphatic rings. The molecule has 0 fully saturated rings. The lowest BCUT2D eigenvalue weighted by molar-refractivity contribution is 0.104. The minimum absolute atomic E-state index is 0.0701. The van der Waals surface area contributed by atoms with Crippen molar-refractivity contribution in [2.45, 2.75) is 77.4 Å². The number of aliphatic imine (C=N–C) groups is 1. The third-order valence-electron chi connectivity index (χ3n) is 7.77. The summed E-state index contributed by atoms with van der Waals surface area (Å²) in [4.78, 5) is 42.5. The van der Waals surface area contributed by atoms with Crippen LogP contribution in [0.4, 0.5) is 5.82 Å². The van der Waals surface area contributed by atoms with Crippen molar-refractivity contribution in [1.82, 2.24) is 14.5 Å². The zero-order valence-corrected chi connectivity index (χ0v) is 26.9. The van der Waals surface area contributed by atoms with Crippen molar-refractivity contribution in [2.75, 3.05) is 18.9 Å². The Kier molecular flexibility index (Phi) is 10.3. The molecule has 242 valence electrons. The predicted molar refractivity (Wildman–Crippen MR) is 172 cm³/mol. The van der Waals surface area contributed by atoms with Crippen molar-refractivity contribution in [3.05, 3.63) is 53.3 Å². The average molecular weight is 641 g/mol. The highest BCUT2D eigenvalue weighted by Crippen LogP contribution is 2.39. The molecular weight excluding hydrogens is 599 g/mol. The molecule has 1 unspecified atom stereocenters. The average Bonchev–Trinajstić information content (AvgIpc) is 3.31. The van der Waals surface area contributed by atoms with E-state index >= 15 is 0 Å². The molecule has 4 aromatic rings. The Morgan fingerprint density at radius 2 is 1.82 bits per heavy atom. The van der Waals surface area contributed by atoms with Crippen molar-refractivity contribution >= 4 is 41.7 Å². The van der Waals surface area contributed by atoms with E-state index in [9.17, 15) is 24.3 Å². The number of phenolic OH excluding ortho intramolecular Hbond substituents is 1. The fourth-order valence-electron chi connectivity index (χ4n) is 5.09. The van der Waals surface area contributed by atoms with Gasteiger partial charge in [0.15, 0.2) is 5.82 Å². The summed E-state index contributed by atoms with van der Waals surface area (Å²) in [5.41, 5.74) is 15.0. The van der Waals surface area contributed by atoms with Gasteiger partial charge in [-0.05, 0) is 75.9 Å². The maximum absolute atomic E-state index is 11.5. The molecule has 0 radical (unpaired) electrons. The van der Waals surface area contributed by atoms with Gasteiger partial charge in [-0.3, -0.25) is 9.79 Å². The topological polar surface area (TPSA) is 208 Å². The lowest BCUT2D eigenvalue weighted by atomic mass is 9.89. The molecule has 13 nitrogen and oxygen atoms in total. The van der Waals surface area contributed by atoms with Gasteiger partial charge in [-0.15, -0.1) is 0 Å². The number of nitrogens with zero attached hydrogens (tertiary/aromatic N) is 4. The molecule has 0 bridgehead atoms. The van der Waals surface area contributed by atoms with E-state index in [4.69, 9.17) is 25.7 Å². The molecular formula is C31H41N6O7P. The number of isocyanates is 1. The molecule has 0 spiro atoms. The van der Waals surface area contributed by atoms with E-state index < -0.39 is 18.9 Å². The van der Waals surface area contributed by atoms with E-state index in [0.29, 0.717) is 54.6 Å². The largest absolute Gasteiger partial charge is 0.524 e. The molecule has 2 aromatic carbocycles. The lowest BCUT2D eigenvalue weighted by Gasteiger charge is -2.26. The van der Waals surface area contributed by atoms with Crippen LogP contribution < -0.4 is 16.0 Å². The quantitative estimate of drug-likeness (QED) is 0.0515. The number of aryl methyl sites for hydroxylation is 1. The number of carbonyl (C=O) groups excluding carboxylic acids is 1. The number of rotatable bonds is 15. The summed E-state index contributed by atoms with van der Waals surface area (Å²) in [6.07, 6.45) is 5.10. The Morgan fingerprint density at radius 3 is 2.51 bits per heavy atom. The lowest BCUT2D eigenvalue weighted by Crippen LogP contribution is -2.34. The number of hydrogen-bond donors (Lipinski definition) is 5. The van der Waals surface area contributed by atoms with Gasteiger partial charge >= 0.3 is 7.82 Å². The fraction of sp³-hybridized carbons (Fsp3) is 0.452. The first kappa shape index (κ1) is 34.1. The van der Waals surface area contributed by atoms with E-state index in [1.807, 2.05) is 43.5 Å². The number of aromatic hydroxyl groups is 1.